The van der Waals surface area contributed by atoms with E-state index in [2.05, 4.69) is 4.98 Å². The van der Waals surface area contributed by atoms with Crippen molar-refractivity contribution in [1.82, 2.24) is 23.5 Å². The van der Waals surface area contributed by atoms with Gasteiger partial charge in [0.2, 0.25) is 0 Å². The molecule has 4 aromatic rings. The first-order valence-corrected chi connectivity index (χ1v) is 16.8. The monoisotopic (exact) mass is 697 g/mol. The van der Waals surface area contributed by atoms with E-state index in [1.165, 1.54) is 34.2 Å². The van der Waals surface area contributed by atoms with E-state index in [4.69, 9.17) is 14.2 Å². The van der Waals surface area contributed by atoms with Gasteiger partial charge in [0.15, 0.2) is 34.6 Å². The van der Waals surface area contributed by atoms with Crippen LogP contribution in [-0.2, 0) is 36.1 Å². The summed E-state index contributed by atoms with van der Waals surface area (Å²) in [6.45, 7) is 5.32. The van der Waals surface area contributed by atoms with Gasteiger partial charge < -0.3 is 23.9 Å². The zero-order chi connectivity index (χ0) is 36.5. The smallest absolute Gasteiger partial charge is 0.347 e. The third-order valence-electron chi connectivity index (χ3n) is 10.9. The molecule has 0 spiro atoms. The molecule has 266 valence electrons. The molecule has 1 N–H and O–H groups in total. The fourth-order valence-electron chi connectivity index (χ4n) is 8.26. The number of allylic oxidation sites excluding steroid dienone is 4. The Morgan fingerprint density at radius 3 is 2.45 bits per heavy atom. The number of aryl methyl sites for hydroxylation is 2. The van der Waals surface area contributed by atoms with Crippen LogP contribution in [0.3, 0.4) is 0 Å². The second kappa shape index (κ2) is 12.3. The Kier molecular flexibility index (Phi) is 8.15. The van der Waals surface area contributed by atoms with E-state index in [1.54, 1.807) is 58.2 Å². The van der Waals surface area contributed by atoms with Crippen LogP contribution in [0.25, 0.3) is 11.0 Å². The van der Waals surface area contributed by atoms with Gasteiger partial charge in [0, 0.05) is 49.5 Å². The number of ketones is 2. The van der Waals surface area contributed by atoms with Crippen molar-refractivity contribution in [2.45, 2.75) is 58.7 Å². The molecule has 7 rings (SSSR count). The number of para-hydroxylation sites is 1. The molecule has 2 aromatic carbocycles. The minimum Gasteiger partial charge on any atom is -0.504 e. The number of fused-ring (bicyclic) bond motifs is 5. The quantitative estimate of drug-likeness (QED) is 0.271. The first-order chi connectivity index (χ1) is 24.4. The maximum absolute atomic E-state index is 14.2. The van der Waals surface area contributed by atoms with E-state index in [1.807, 2.05) is 6.08 Å². The number of Topliss-reactive ketones (excluding diaryl/α,β-unsaturated/α-hetero) is 1. The van der Waals surface area contributed by atoms with Gasteiger partial charge in [0.1, 0.15) is 5.69 Å². The number of hydrogen-bond acceptors (Lipinski definition) is 10. The Morgan fingerprint density at radius 2 is 1.75 bits per heavy atom. The number of methoxy groups -OCH3 is 2. The molecule has 51 heavy (non-hydrogen) atoms. The van der Waals surface area contributed by atoms with E-state index in [0.29, 0.717) is 45.8 Å². The molecule has 3 aliphatic rings. The van der Waals surface area contributed by atoms with Gasteiger partial charge in [-0.3, -0.25) is 14.4 Å². The van der Waals surface area contributed by atoms with Gasteiger partial charge >= 0.3 is 11.4 Å². The van der Waals surface area contributed by atoms with Crippen molar-refractivity contribution in [3.63, 3.8) is 0 Å². The zero-order valence-electron chi connectivity index (χ0n) is 29.3. The first-order valence-electron chi connectivity index (χ1n) is 16.8. The lowest BCUT2D eigenvalue weighted by Gasteiger charge is -2.52. The molecule has 2 aliphatic carbocycles. The Labute approximate surface area is 291 Å². The lowest BCUT2D eigenvalue weighted by atomic mass is 9.51. The molecule has 0 saturated heterocycles. The molecular formula is C37H39N5O9. The molecule has 3 heterocycles. The summed E-state index contributed by atoms with van der Waals surface area (Å²) in [5.74, 6) is -1.15. The van der Waals surface area contributed by atoms with Crippen molar-refractivity contribution >= 4 is 22.6 Å². The van der Waals surface area contributed by atoms with Crippen molar-refractivity contribution < 1.29 is 28.9 Å². The lowest BCUT2D eigenvalue weighted by molar-refractivity contribution is -0.139. The first kappa shape index (κ1) is 33.8. The highest BCUT2D eigenvalue weighted by Crippen LogP contribution is 2.61. The van der Waals surface area contributed by atoms with Crippen LogP contribution >= 0.6 is 0 Å². The van der Waals surface area contributed by atoms with Gasteiger partial charge in [-0.25, -0.2) is 28.5 Å². The normalized spacial score (nSPS) is 22.5. The SMILES string of the molecule is CCOc1cccc([C@H]2C3=CCn4c(=O)n(CCc5nc6cc(OC)c(OC)cc6n(C)c5=O)c(=O)n4[C@@H]3C[C@H]3C(=O)C(C)=CC(=O)[C@@]23C)c1O. The van der Waals surface area contributed by atoms with Crippen molar-refractivity contribution in [3.8, 4) is 23.0 Å². The lowest BCUT2D eigenvalue weighted by Crippen LogP contribution is -2.54. The summed E-state index contributed by atoms with van der Waals surface area (Å²) in [5.41, 5.74) is -0.328. The highest BCUT2D eigenvalue weighted by molar-refractivity contribution is 6.13. The van der Waals surface area contributed by atoms with Crippen LogP contribution in [0.2, 0.25) is 0 Å². The average molecular weight is 698 g/mol. The second-order valence-electron chi connectivity index (χ2n) is 13.4. The number of carbonyl (C=O) groups is 2. The van der Waals surface area contributed by atoms with E-state index in [9.17, 15) is 29.1 Å². The number of benzene rings is 2. The molecule has 14 heteroatoms. The van der Waals surface area contributed by atoms with E-state index in [-0.39, 0.29) is 60.2 Å². The van der Waals surface area contributed by atoms with Crippen molar-refractivity contribution in [1.29, 1.82) is 0 Å². The van der Waals surface area contributed by atoms with Crippen LogP contribution in [0.15, 0.2) is 68.0 Å². The summed E-state index contributed by atoms with van der Waals surface area (Å²) >= 11 is 0. The molecular weight excluding hydrogens is 658 g/mol. The number of phenols is 1. The Hall–Kier alpha value is -5.66. The van der Waals surface area contributed by atoms with Gasteiger partial charge in [-0.1, -0.05) is 25.1 Å². The van der Waals surface area contributed by atoms with E-state index < -0.39 is 34.7 Å². The number of phenolic OH excluding ortho intramolecular Hbond substituents is 1. The minimum absolute atomic E-state index is 0.0144. The van der Waals surface area contributed by atoms with Crippen molar-refractivity contribution in [2.24, 2.45) is 18.4 Å². The van der Waals surface area contributed by atoms with Crippen LogP contribution in [-0.4, -0.2) is 61.0 Å². The minimum atomic E-state index is -1.27. The molecule has 4 atom stereocenters. The number of rotatable bonds is 8. The zero-order valence-corrected chi connectivity index (χ0v) is 29.3. The van der Waals surface area contributed by atoms with Gasteiger partial charge in [0.25, 0.3) is 5.56 Å². The number of aromatic hydroxyl groups is 1. The van der Waals surface area contributed by atoms with Gasteiger partial charge in [0.05, 0.1) is 49.9 Å². The maximum atomic E-state index is 14.2. The highest BCUT2D eigenvalue weighted by atomic mass is 16.5. The number of aromatic nitrogens is 5. The summed E-state index contributed by atoms with van der Waals surface area (Å²) in [4.78, 5) is 73.8. The molecule has 0 radical (unpaired) electrons. The number of ether oxygens (including phenoxy) is 3. The third-order valence-corrected chi connectivity index (χ3v) is 10.9. The Morgan fingerprint density at radius 1 is 1.02 bits per heavy atom. The molecule has 0 amide bonds. The maximum Gasteiger partial charge on any atom is 0.347 e. The molecule has 2 aromatic heterocycles. The highest BCUT2D eigenvalue weighted by Gasteiger charge is 2.59. The number of carbonyl (C=O) groups excluding carboxylic acids is 2. The largest absolute Gasteiger partial charge is 0.504 e. The summed E-state index contributed by atoms with van der Waals surface area (Å²) in [7, 11) is 4.60. The molecule has 1 aliphatic heterocycles. The standard InChI is InChI=1S/C37H39N5O9/c1-7-51-27-10-8-9-21(33(27)45)31-20-11-14-41-35(47)40(36(48)42(41)25(20)16-22-32(44)19(2)15-30(43)37(22,31)3)13-12-23-34(46)39(4)26-18-29(50-6)28(49-5)17-24(26)38-23/h8-11,15,17-18,22,25,31,45H,7,12-14,16H2,1-6H3/t22-,25+,31+,37-/m0/s1. The van der Waals surface area contributed by atoms with Crippen LogP contribution in [0.5, 0.6) is 23.0 Å². The molecule has 1 saturated carbocycles. The third kappa shape index (κ3) is 4.90. The predicted octanol–water partition coefficient (Wildman–Crippen LogP) is 2.81. The van der Waals surface area contributed by atoms with E-state index in [0.717, 1.165) is 4.57 Å². The van der Waals surface area contributed by atoms with Crippen molar-refractivity contribution in [2.75, 3.05) is 20.8 Å². The number of hydrogen-bond donors (Lipinski definition) is 1. The predicted molar refractivity (Wildman–Crippen MR) is 186 cm³/mol. The molecule has 0 bridgehead atoms. The molecule has 14 nitrogen and oxygen atoms in total. The summed E-state index contributed by atoms with van der Waals surface area (Å²) in [6, 6.07) is 7.60. The summed E-state index contributed by atoms with van der Waals surface area (Å²) < 4.78 is 21.7. The van der Waals surface area contributed by atoms with Crippen LogP contribution in [0, 0.1) is 11.3 Å². The van der Waals surface area contributed by atoms with Crippen molar-refractivity contribution in [3.05, 3.63) is 96.2 Å². The Bertz CT molecular complexity index is 2390. The topological polar surface area (TPSA) is 166 Å². The Balaban J connectivity index is 1.31. The van der Waals surface area contributed by atoms with Gasteiger partial charge in [-0.2, -0.15) is 0 Å². The summed E-state index contributed by atoms with van der Waals surface area (Å²) in [5, 5.41) is 11.5. The van der Waals surface area contributed by atoms with Crippen LogP contribution in [0.4, 0.5) is 0 Å². The second-order valence-corrected chi connectivity index (χ2v) is 13.4. The van der Waals surface area contributed by atoms with Gasteiger partial charge in [-0.05, 0) is 43.6 Å². The molecule has 1 fully saturated rings. The van der Waals surface area contributed by atoms with Crippen LogP contribution in [0.1, 0.15) is 50.4 Å². The summed E-state index contributed by atoms with van der Waals surface area (Å²) in [6.07, 6.45) is 3.27. The van der Waals surface area contributed by atoms with Crippen LogP contribution < -0.4 is 31.1 Å². The van der Waals surface area contributed by atoms with Gasteiger partial charge in [-0.15, -0.1) is 0 Å². The fraction of sp³-hybridized carbons (Fsp3) is 0.405. The average Bonchev–Trinajstić information content (AvgIpc) is 3.36. The van der Waals surface area contributed by atoms with E-state index >= 15 is 0 Å². The number of nitrogens with zero attached hydrogens (tertiary/aromatic N) is 5. The molecule has 0 unspecified atom stereocenters. The fourth-order valence-corrected chi connectivity index (χ4v) is 8.26.